The number of benzene rings is 2. The van der Waals surface area contributed by atoms with E-state index >= 15 is 0 Å². The standard InChI is InChI=1S/C26H29FN2O5/c1-2-15-34-21-9-5-19(6-10-21)24(30)22-23(18-3-7-20(27)8-4-18)29(26(32)25(22)31)12-11-28-13-16-33-17-14-28/h3-10,23,30H,2,11-17H2,1H3. The quantitative estimate of drug-likeness (QED) is 0.351. The summed E-state index contributed by atoms with van der Waals surface area (Å²) in [5, 5.41) is 13.5. The van der Waals surface area contributed by atoms with Gasteiger partial charge in [-0.15, -0.1) is 0 Å². The maximum Gasteiger partial charge on any atom is 0.295 e. The lowest BCUT2D eigenvalue weighted by Crippen LogP contribution is -3.14. The van der Waals surface area contributed by atoms with Gasteiger partial charge in [-0.05, 0) is 41.8 Å². The zero-order chi connectivity index (χ0) is 24.1. The highest BCUT2D eigenvalue weighted by atomic mass is 19.1. The van der Waals surface area contributed by atoms with Crippen LogP contribution in [-0.2, 0) is 14.3 Å². The molecule has 1 amide bonds. The zero-order valence-corrected chi connectivity index (χ0v) is 19.2. The fourth-order valence-electron chi connectivity index (χ4n) is 4.36. The van der Waals surface area contributed by atoms with Crippen molar-refractivity contribution in [2.24, 2.45) is 0 Å². The van der Waals surface area contributed by atoms with E-state index in [4.69, 9.17) is 9.47 Å². The Labute approximate surface area is 198 Å². The van der Waals surface area contributed by atoms with Crippen molar-refractivity contribution in [2.75, 3.05) is 46.0 Å². The van der Waals surface area contributed by atoms with Crippen LogP contribution in [0.5, 0.6) is 5.75 Å². The van der Waals surface area contributed by atoms with Gasteiger partial charge < -0.3 is 24.4 Å². The van der Waals surface area contributed by atoms with Gasteiger partial charge in [0.05, 0.1) is 39.0 Å². The van der Waals surface area contributed by atoms with Gasteiger partial charge in [0.15, 0.2) is 0 Å². The molecule has 0 saturated carbocycles. The molecule has 2 saturated heterocycles. The summed E-state index contributed by atoms with van der Waals surface area (Å²) in [5.41, 5.74) is 0.729. The number of carbonyl (C=O) groups excluding carboxylic acids is 2. The Morgan fingerprint density at radius 2 is 1.79 bits per heavy atom. The predicted molar refractivity (Wildman–Crippen MR) is 121 cm³/mol. The van der Waals surface area contributed by atoms with Gasteiger partial charge in [0.1, 0.15) is 24.7 Å². The Morgan fingerprint density at radius 3 is 2.44 bits per heavy atom. The number of nitrogens with one attached hydrogen (secondary N) is 1. The van der Waals surface area contributed by atoms with Crippen molar-refractivity contribution in [3.8, 4) is 5.75 Å². The molecule has 1 N–H and O–H groups in total. The number of ketones is 1. The largest absolute Gasteiger partial charge is 0.872 e. The van der Waals surface area contributed by atoms with E-state index in [1.807, 2.05) is 6.92 Å². The maximum absolute atomic E-state index is 13.6. The third-order valence-corrected chi connectivity index (χ3v) is 6.21. The van der Waals surface area contributed by atoms with Crippen LogP contribution in [0.3, 0.4) is 0 Å². The molecule has 0 spiro atoms. The van der Waals surface area contributed by atoms with Gasteiger partial charge in [-0.25, -0.2) is 4.39 Å². The van der Waals surface area contributed by atoms with Crippen molar-refractivity contribution < 1.29 is 33.5 Å². The van der Waals surface area contributed by atoms with Gasteiger partial charge >= 0.3 is 0 Å². The Balaban J connectivity index is 1.67. The summed E-state index contributed by atoms with van der Waals surface area (Å²) in [6.45, 7) is 6.43. The molecule has 0 radical (unpaired) electrons. The van der Waals surface area contributed by atoms with Crippen molar-refractivity contribution in [3.63, 3.8) is 0 Å². The minimum absolute atomic E-state index is 0.101. The second-order valence-electron chi connectivity index (χ2n) is 8.51. The second kappa shape index (κ2) is 10.8. The molecule has 8 heteroatoms. The van der Waals surface area contributed by atoms with E-state index in [0.29, 0.717) is 49.8 Å². The first-order chi connectivity index (χ1) is 16.5. The number of hydrogen-bond donors (Lipinski definition) is 1. The number of carbonyl (C=O) groups is 2. The van der Waals surface area contributed by atoms with Crippen molar-refractivity contribution in [1.82, 2.24) is 4.90 Å². The van der Waals surface area contributed by atoms with Crippen LogP contribution in [0, 0.1) is 5.82 Å². The number of amides is 1. The molecule has 0 aromatic heterocycles. The molecule has 2 aromatic carbocycles. The molecule has 2 fully saturated rings. The summed E-state index contributed by atoms with van der Waals surface area (Å²) in [6.07, 6.45) is 0.858. The van der Waals surface area contributed by atoms with E-state index in [9.17, 15) is 19.1 Å². The van der Waals surface area contributed by atoms with E-state index in [0.717, 1.165) is 19.5 Å². The number of nitrogens with zero attached hydrogens (tertiary/aromatic N) is 1. The highest BCUT2D eigenvalue weighted by Crippen LogP contribution is 2.38. The summed E-state index contributed by atoms with van der Waals surface area (Å²) < 4.78 is 24.6. The fraction of sp³-hybridized carbons (Fsp3) is 0.385. The van der Waals surface area contributed by atoms with Gasteiger partial charge in [-0.3, -0.25) is 9.59 Å². The van der Waals surface area contributed by atoms with E-state index in [1.54, 1.807) is 24.3 Å². The number of rotatable bonds is 8. The molecule has 0 bridgehead atoms. The van der Waals surface area contributed by atoms with Crippen LogP contribution in [-0.4, -0.2) is 62.6 Å². The average molecular weight is 469 g/mol. The Hall–Kier alpha value is -3.23. The lowest BCUT2D eigenvalue weighted by atomic mass is 9.95. The van der Waals surface area contributed by atoms with E-state index in [-0.39, 0.29) is 5.57 Å². The predicted octanol–water partition coefficient (Wildman–Crippen LogP) is 0.754. The molecular formula is C26H29FN2O5. The number of ether oxygens (including phenoxy) is 2. The number of morpholine rings is 1. The first-order valence-corrected chi connectivity index (χ1v) is 11.7. The first kappa shape index (κ1) is 23.9. The van der Waals surface area contributed by atoms with E-state index in [2.05, 4.69) is 0 Å². The number of quaternary nitrogens is 1. The highest BCUT2D eigenvalue weighted by Gasteiger charge is 2.44. The average Bonchev–Trinajstić information content (AvgIpc) is 3.12. The minimum Gasteiger partial charge on any atom is -0.872 e. The molecule has 180 valence electrons. The third kappa shape index (κ3) is 5.13. The zero-order valence-electron chi connectivity index (χ0n) is 19.2. The second-order valence-corrected chi connectivity index (χ2v) is 8.51. The topological polar surface area (TPSA) is 83.3 Å². The lowest BCUT2D eigenvalue weighted by Gasteiger charge is -2.30. The van der Waals surface area contributed by atoms with Gasteiger partial charge in [0.2, 0.25) is 5.78 Å². The van der Waals surface area contributed by atoms with Crippen LogP contribution in [0.15, 0.2) is 54.1 Å². The number of likely N-dealkylation sites (tertiary alicyclic amines) is 1. The normalized spacial score (nSPS) is 20.6. The molecule has 7 nitrogen and oxygen atoms in total. The monoisotopic (exact) mass is 468 g/mol. The molecule has 2 aromatic rings. The Kier molecular flexibility index (Phi) is 7.59. The molecule has 1 atom stereocenters. The van der Waals surface area contributed by atoms with Gasteiger partial charge in [0.25, 0.3) is 5.91 Å². The van der Waals surface area contributed by atoms with Crippen LogP contribution in [0.1, 0.15) is 30.5 Å². The molecule has 34 heavy (non-hydrogen) atoms. The summed E-state index contributed by atoms with van der Waals surface area (Å²) in [7, 11) is 0. The van der Waals surface area contributed by atoms with E-state index < -0.39 is 29.3 Å². The lowest BCUT2D eigenvalue weighted by molar-refractivity contribution is -0.907. The molecule has 2 heterocycles. The van der Waals surface area contributed by atoms with Crippen LogP contribution in [0.2, 0.25) is 0 Å². The minimum atomic E-state index is -0.857. The first-order valence-electron chi connectivity index (χ1n) is 11.7. The smallest absolute Gasteiger partial charge is 0.295 e. The van der Waals surface area contributed by atoms with Crippen molar-refractivity contribution in [2.45, 2.75) is 19.4 Å². The van der Waals surface area contributed by atoms with Gasteiger partial charge in [-0.1, -0.05) is 36.9 Å². The summed E-state index contributed by atoms with van der Waals surface area (Å²) in [5.74, 6) is -1.81. The van der Waals surface area contributed by atoms with Crippen LogP contribution in [0.4, 0.5) is 4.39 Å². The molecule has 1 unspecified atom stereocenters. The van der Waals surface area contributed by atoms with Gasteiger partial charge in [-0.2, -0.15) is 0 Å². The van der Waals surface area contributed by atoms with Crippen LogP contribution >= 0.6 is 0 Å². The van der Waals surface area contributed by atoms with Crippen LogP contribution in [0.25, 0.3) is 5.76 Å². The van der Waals surface area contributed by atoms with Crippen LogP contribution < -0.4 is 14.7 Å². The number of Topliss-reactive ketones (excluding diaryl/α,β-unsaturated/α-hetero) is 1. The summed E-state index contributed by atoms with van der Waals surface area (Å²) in [6, 6.07) is 11.3. The Bertz CT molecular complexity index is 1050. The number of halogens is 1. The molecule has 2 aliphatic heterocycles. The highest BCUT2D eigenvalue weighted by molar-refractivity contribution is 6.46. The molecule has 4 rings (SSSR count). The fourth-order valence-corrected chi connectivity index (χ4v) is 4.36. The Morgan fingerprint density at radius 1 is 1.12 bits per heavy atom. The third-order valence-electron chi connectivity index (χ3n) is 6.21. The molecule has 2 aliphatic rings. The van der Waals surface area contributed by atoms with Crippen molar-refractivity contribution in [3.05, 3.63) is 71.0 Å². The molecule has 0 aliphatic carbocycles. The molecular weight excluding hydrogens is 439 g/mol. The maximum atomic E-state index is 13.6. The summed E-state index contributed by atoms with van der Waals surface area (Å²) >= 11 is 0. The summed E-state index contributed by atoms with van der Waals surface area (Å²) in [4.78, 5) is 28.8. The SMILES string of the molecule is CCCOc1ccc(C([O-])=C2C(=O)C(=O)N(CC[NH+]3CCOCC3)C2c2ccc(F)cc2)cc1. The van der Waals surface area contributed by atoms with Gasteiger partial charge in [0, 0.05) is 5.57 Å². The van der Waals surface area contributed by atoms with E-state index in [1.165, 1.54) is 34.1 Å². The van der Waals surface area contributed by atoms with Crippen molar-refractivity contribution >= 4 is 17.4 Å². The number of hydrogen-bond acceptors (Lipinski definition) is 5. The van der Waals surface area contributed by atoms with Crippen molar-refractivity contribution in [1.29, 1.82) is 0 Å².